The zero-order valence-electron chi connectivity index (χ0n) is 25.9. The molecule has 0 saturated carbocycles. The van der Waals surface area contributed by atoms with Crippen molar-refractivity contribution in [3.63, 3.8) is 0 Å². The van der Waals surface area contributed by atoms with Crippen molar-refractivity contribution in [2.45, 2.75) is 69.2 Å². The van der Waals surface area contributed by atoms with Crippen molar-refractivity contribution in [1.29, 1.82) is 0 Å². The van der Waals surface area contributed by atoms with Crippen LogP contribution in [0.3, 0.4) is 0 Å². The molecule has 4 heterocycles. The molecule has 0 fully saturated rings. The number of aromatic nitrogens is 5. The van der Waals surface area contributed by atoms with Gasteiger partial charge < -0.3 is 0 Å². The molecule has 40 heavy (non-hydrogen) atoms. The molecule has 5 aromatic rings. The van der Waals surface area contributed by atoms with E-state index in [0.29, 0.717) is 0 Å². The molecule has 0 aliphatic rings. The standard InChI is InChI=1S/C8H10.3C7H9N.C6H8N2/c1-7-4-3-5-8(2)6-7;1-6-3-7(2)5-8-4-6;2*1-6-3-4-8-7(2)5-6;1-5-3-6(2)8-7-4-5/h3-6H,1-2H3;3*3-5H,1-2H3;3-4H,1-2H3. The highest BCUT2D eigenvalue weighted by Gasteiger charge is 1.85. The van der Waals surface area contributed by atoms with E-state index in [4.69, 9.17) is 0 Å². The first kappa shape index (κ1) is 33.8. The molecule has 0 N–H and O–H groups in total. The predicted octanol–water partition coefficient (Wildman–Crippen LogP) is 8.49. The predicted molar refractivity (Wildman–Crippen MR) is 169 cm³/mol. The van der Waals surface area contributed by atoms with Gasteiger partial charge in [-0.1, -0.05) is 41.5 Å². The van der Waals surface area contributed by atoms with Crippen LogP contribution in [0.2, 0.25) is 0 Å². The number of aryl methyl sites for hydroxylation is 10. The van der Waals surface area contributed by atoms with Gasteiger partial charge >= 0.3 is 0 Å². The Balaban J connectivity index is 0.000000250. The van der Waals surface area contributed by atoms with Gasteiger partial charge in [0.15, 0.2) is 0 Å². The summed E-state index contributed by atoms with van der Waals surface area (Å²) in [5, 5.41) is 7.52. The molecule has 0 bridgehead atoms. The minimum absolute atomic E-state index is 0.977. The molecule has 5 heteroatoms. The Hall–Kier alpha value is -4.25. The maximum Gasteiger partial charge on any atom is 0.0602 e. The third-order valence-corrected chi connectivity index (χ3v) is 5.20. The van der Waals surface area contributed by atoms with Crippen LogP contribution in [0.15, 0.2) is 91.6 Å². The molecule has 0 atom stereocenters. The first-order chi connectivity index (χ1) is 18.9. The molecular weight excluding hydrogens is 490 g/mol. The van der Waals surface area contributed by atoms with Crippen LogP contribution in [0.5, 0.6) is 0 Å². The van der Waals surface area contributed by atoms with Crippen LogP contribution in [-0.2, 0) is 0 Å². The SMILES string of the molecule is Cc1cccc(C)c1.Cc1ccnc(C)c1.Cc1ccnc(C)c1.Cc1cncc(C)c1.Cc1cnnc(C)c1. The van der Waals surface area contributed by atoms with Gasteiger partial charge in [-0.15, -0.1) is 0 Å². The van der Waals surface area contributed by atoms with E-state index in [1.54, 1.807) is 6.20 Å². The maximum absolute atomic E-state index is 4.04. The van der Waals surface area contributed by atoms with E-state index in [1.165, 1.54) is 33.4 Å². The van der Waals surface area contributed by atoms with Crippen molar-refractivity contribution < 1.29 is 0 Å². The molecule has 0 aliphatic carbocycles. The van der Waals surface area contributed by atoms with Gasteiger partial charge in [-0.05, 0) is 127 Å². The van der Waals surface area contributed by atoms with Gasteiger partial charge in [-0.25, -0.2) is 0 Å². The number of nitrogens with zero attached hydrogens (tertiary/aromatic N) is 5. The van der Waals surface area contributed by atoms with Crippen LogP contribution in [0, 0.1) is 69.2 Å². The number of rotatable bonds is 0. The smallest absolute Gasteiger partial charge is 0.0602 e. The van der Waals surface area contributed by atoms with E-state index in [9.17, 15) is 0 Å². The largest absolute Gasteiger partial charge is 0.264 e. The maximum atomic E-state index is 4.04. The summed E-state index contributed by atoms with van der Waals surface area (Å²) < 4.78 is 0. The quantitative estimate of drug-likeness (QED) is 0.199. The van der Waals surface area contributed by atoms with Crippen LogP contribution < -0.4 is 0 Å². The van der Waals surface area contributed by atoms with Gasteiger partial charge in [0.1, 0.15) is 0 Å². The summed E-state index contributed by atoms with van der Waals surface area (Å²) in [5.74, 6) is 0. The Morgan fingerprint density at radius 2 is 0.800 bits per heavy atom. The molecule has 0 aliphatic heterocycles. The Morgan fingerprint density at radius 3 is 1.05 bits per heavy atom. The van der Waals surface area contributed by atoms with Crippen LogP contribution in [0.25, 0.3) is 0 Å². The molecule has 0 saturated heterocycles. The zero-order chi connectivity index (χ0) is 29.9. The number of hydrogen-bond acceptors (Lipinski definition) is 5. The van der Waals surface area contributed by atoms with E-state index in [1.807, 2.05) is 84.5 Å². The first-order valence-corrected chi connectivity index (χ1v) is 13.4. The second kappa shape index (κ2) is 18.9. The van der Waals surface area contributed by atoms with Crippen LogP contribution in [0.1, 0.15) is 56.0 Å². The summed E-state index contributed by atoms with van der Waals surface area (Å²) in [6.45, 7) is 20.3. The van der Waals surface area contributed by atoms with Gasteiger partial charge in [-0.3, -0.25) is 15.0 Å². The fourth-order valence-electron chi connectivity index (χ4n) is 3.49. The highest BCUT2D eigenvalue weighted by Crippen LogP contribution is 2.00. The number of hydrogen-bond donors (Lipinski definition) is 0. The average Bonchev–Trinajstić information content (AvgIpc) is 2.85. The van der Waals surface area contributed by atoms with Crippen molar-refractivity contribution >= 4 is 0 Å². The Morgan fingerprint density at radius 1 is 0.400 bits per heavy atom. The highest BCUT2D eigenvalue weighted by molar-refractivity contribution is 5.20. The van der Waals surface area contributed by atoms with E-state index in [2.05, 4.69) is 95.3 Å². The topological polar surface area (TPSA) is 64.5 Å². The summed E-state index contributed by atoms with van der Waals surface area (Å²) in [6, 6.07) is 20.6. The van der Waals surface area contributed by atoms with Gasteiger partial charge in [0.05, 0.1) is 11.9 Å². The lowest BCUT2D eigenvalue weighted by atomic mass is 10.2. The lowest BCUT2D eigenvalue weighted by Crippen LogP contribution is -1.84. The zero-order valence-corrected chi connectivity index (χ0v) is 25.9. The third-order valence-electron chi connectivity index (χ3n) is 5.20. The fraction of sp³-hybridized carbons (Fsp3) is 0.286. The molecule has 4 aromatic heterocycles. The third kappa shape index (κ3) is 17.3. The minimum atomic E-state index is 0.977. The Kier molecular flexibility index (Phi) is 16.0. The summed E-state index contributed by atoms with van der Waals surface area (Å²) in [7, 11) is 0. The van der Waals surface area contributed by atoms with Gasteiger partial charge in [0.25, 0.3) is 0 Å². The van der Waals surface area contributed by atoms with Crippen molar-refractivity contribution in [2.75, 3.05) is 0 Å². The van der Waals surface area contributed by atoms with Crippen molar-refractivity contribution in [3.8, 4) is 0 Å². The van der Waals surface area contributed by atoms with Gasteiger partial charge in [0.2, 0.25) is 0 Å². The Bertz CT molecular complexity index is 1070. The van der Waals surface area contributed by atoms with Crippen LogP contribution in [-0.4, -0.2) is 25.1 Å². The molecular formula is C35H45N5. The molecule has 210 valence electrons. The minimum Gasteiger partial charge on any atom is -0.264 e. The molecule has 0 spiro atoms. The van der Waals surface area contributed by atoms with Gasteiger partial charge in [0, 0.05) is 36.2 Å². The van der Waals surface area contributed by atoms with E-state index < -0.39 is 0 Å². The van der Waals surface area contributed by atoms with Crippen LogP contribution in [0.4, 0.5) is 0 Å². The monoisotopic (exact) mass is 535 g/mol. The molecule has 5 rings (SSSR count). The lowest BCUT2D eigenvalue weighted by Gasteiger charge is -1.90. The van der Waals surface area contributed by atoms with E-state index >= 15 is 0 Å². The summed E-state index contributed by atoms with van der Waals surface area (Å²) in [5.41, 5.74) is 12.0. The van der Waals surface area contributed by atoms with E-state index in [-0.39, 0.29) is 0 Å². The van der Waals surface area contributed by atoms with Crippen molar-refractivity contribution in [1.82, 2.24) is 25.1 Å². The highest BCUT2D eigenvalue weighted by atomic mass is 15.1. The lowest BCUT2D eigenvalue weighted by molar-refractivity contribution is 0.966. The Labute approximate surface area is 241 Å². The second-order valence-electron chi connectivity index (χ2n) is 10.0. The molecule has 0 amide bonds. The summed E-state index contributed by atoms with van der Waals surface area (Å²) in [6.07, 6.45) is 9.10. The molecule has 1 aromatic carbocycles. The van der Waals surface area contributed by atoms with Gasteiger partial charge in [-0.2, -0.15) is 10.2 Å². The molecule has 5 nitrogen and oxygen atoms in total. The van der Waals surface area contributed by atoms with Crippen molar-refractivity contribution in [2.24, 2.45) is 0 Å². The first-order valence-electron chi connectivity index (χ1n) is 13.4. The fourth-order valence-corrected chi connectivity index (χ4v) is 3.49. The van der Waals surface area contributed by atoms with Crippen LogP contribution >= 0.6 is 0 Å². The summed E-state index contributed by atoms with van der Waals surface area (Å²) >= 11 is 0. The molecule has 0 radical (unpaired) electrons. The normalized spacial score (nSPS) is 9.25. The van der Waals surface area contributed by atoms with Crippen molar-refractivity contribution in [3.05, 3.63) is 148 Å². The molecule has 0 unspecified atom stereocenters. The second-order valence-corrected chi connectivity index (χ2v) is 10.0. The summed E-state index contributed by atoms with van der Waals surface area (Å²) in [4.78, 5) is 12.1. The van der Waals surface area contributed by atoms with E-state index in [0.717, 1.165) is 22.6 Å². The average molecular weight is 536 g/mol. The number of benzene rings is 1. The number of pyridine rings is 3.